The van der Waals surface area contributed by atoms with Gasteiger partial charge in [0, 0.05) is 11.8 Å². The molecule has 0 heterocycles. The number of rotatable bonds is 2. The molecule has 0 radical (unpaired) electrons. The molecule has 0 aromatic rings. The van der Waals surface area contributed by atoms with Crippen molar-refractivity contribution in [2.75, 3.05) is 0 Å². The molecular formula is C22H27NO2. The fourth-order valence-electron chi connectivity index (χ4n) is 6.42. The first-order valence-electron chi connectivity index (χ1n) is 9.71. The molecule has 0 aliphatic heterocycles. The van der Waals surface area contributed by atoms with Crippen LogP contribution in [0.4, 0.5) is 0 Å². The molecule has 132 valence electrons. The first kappa shape index (κ1) is 16.8. The maximum Gasteiger partial charge on any atom is 0.156 e. The molecule has 4 aliphatic rings. The molecule has 1 N–H and O–H groups in total. The average molecular weight is 337 g/mol. The number of fused-ring (bicyclic) bond motifs is 4. The molecule has 1 fully saturated rings. The highest BCUT2D eigenvalue weighted by atomic mass is 16.3. The van der Waals surface area contributed by atoms with Gasteiger partial charge in [0.05, 0.1) is 18.1 Å². The number of hydrogen-bond acceptors (Lipinski definition) is 3. The smallest absolute Gasteiger partial charge is 0.156 e. The monoisotopic (exact) mass is 337 g/mol. The van der Waals surface area contributed by atoms with E-state index in [4.69, 9.17) is 0 Å². The number of carbonyl (C=O) groups excluding carboxylic acids is 1. The zero-order valence-electron chi connectivity index (χ0n) is 15.2. The lowest BCUT2D eigenvalue weighted by atomic mass is 9.54. The molecule has 0 aromatic carbocycles. The molecule has 0 saturated heterocycles. The Balaban J connectivity index is 1.86. The van der Waals surface area contributed by atoms with Crippen LogP contribution in [-0.4, -0.2) is 16.5 Å². The minimum Gasteiger partial charge on any atom is -0.388 e. The van der Waals surface area contributed by atoms with E-state index in [2.05, 4.69) is 32.1 Å². The number of carbonyl (C=O) groups is 1. The number of nitrogens with zero attached hydrogens (tertiary/aromatic N) is 1. The van der Waals surface area contributed by atoms with Gasteiger partial charge < -0.3 is 5.11 Å². The van der Waals surface area contributed by atoms with E-state index in [0.29, 0.717) is 24.2 Å². The van der Waals surface area contributed by atoms with Crippen LogP contribution in [0.3, 0.4) is 0 Å². The molecule has 1 saturated carbocycles. The molecule has 0 unspecified atom stereocenters. The zero-order chi connectivity index (χ0) is 17.8. The quantitative estimate of drug-likeness (QED) is 0.819. The van der Waals surface area contributed by atoms with E-state index in [9.17, 15) is 15.2 Å². The van der Waals surface area contributed by atoms with Gasteiger partial charge in [-0.2, -0.15) is 5.26 Å². The summed E-state index contributed by atoms with van der Waals surface area (Å²) in [5.74, 6) is 1.58. The normalized spacial score (nSPS) is 42.4. The minimum atomic E-state index is -0.897. The molecule has 5 atom stereocenters. The zero-order valence-corrected chi connectivity index (χ0v) is 15.2. The molecule has 0 amide bonds. The van der Waals surface area contributed by atoms with E-state index in [-0.39, 0.29) is 17.6 Å². The van der Waals surface area contributed by atoms with Crippen molar-refractivity contribution in [3.8, 4) is 6.07 Å². The van der Waals surface area contributed by atoms with Gasteiger partial charge in [0.15, 0.2) is 5.78 Å². The van der Waals surface area contributed by atoms with Gasteiger partial charge in [0.25, 0.3) is 0 Å². The Morgan fingerprint density at radius 3 is 2.92 bits per heavy atom. The summed E-state index contributed by atoms with van der Waals surface area (Å²) in [4.78, 5) is 11.8. The molecule has 4 aliphatic carbocycles. The molecular weight excluding hydrogens is 310 g/mol. The van der Waals surface area contributed by atoms with E-state index in [0.717, 1.165) is 32.1 Å². The van der Waals surface area contributed by atoms with Gasteiger partial charge in [-0.15, -0.1) is 0 Å². The van der Waals surface area contributed by atoms with Crippen molar-refractivity contribution in [3.63, 3.8) is 0 Å². The Kier molecular flexibility index (Phi) is 3.81. The van der Waals surface area contributed by atoms with Crippen LogP contribution in [0.15, 0.2) is 34.9 Å². The second-order valence-electron chi connectivity index (χ2n) is 8.52. The van der Waals surface area contributed by atoms with Crippen LogP contribution in [0.2, 0.25) is 0 Å². The lowest BCUT2D eigenvalue weighted by Gasteiger charge is -2.51. The van der Waals surface area contributed by atoms with Gasteiger partial charge in [-0.1, -0.05) is 26.0 Å². The highest BCUT2D eigenvalue weighted by molar-refractivity contribution is 5.93. The van der Waals surface area contributed by atoms with Crippen molar-refractivity contribution >= 4 is 5.78 Å². The molecule has 25 heavy (non-hydrogen) atoms. The standard InChI is InChI=1S/C22H27NO2/c1-3-21-8-6-18-17-5-4-16(24)13-15(17)12-14(2)20(18)19(21)7-9-22(21,25)10-11-23/h6,8,13-14,19-20,25H,3-5,7,9-10,12H2,1-2H3/t14-,19+,20-,21+,22-/m1/s1. The molecule has 0 spiro atoms. The summed E-state index contributed by atoms with van der Waals surface area (Å²) in [7, 11) is 0. The third-order valence-corrected chi connectivity index (χ3v) is 7.55. The van der Waals surface area contributed by atoms with Gasteiger partial charge >= 0.3 is 0 Å². The van der Waals surface area contributed by atoms with E-state index in [1.54, 1.807) is 0 Å². The summed E-state index contributed by atoms with van der Waals surface area (Å²) in [6.07, 6.45) is 11.6. The van der Waals surface area contributed by atoms with Crippen molar-refractivity contribution in [2.45, 2.75) is 64.4 Å². The maximum atomic E-state index is 11.8. The van der Waals surface area contributed by atoms with E-state index in [1.807, 2.05) is 6.08 Å². The maximum absolute atomic E-state index is 11.8. The summed E-state index contributed by atoms with van der Waals surface area (Å²) in [6, 6.07) is 2.23. The third-order valence-electron chi connectivity index (χ3n) is 7.55. The van der Waals surface area contributed by atoms with E-state index in [1.165, 1.54) is 16.7 Å². The van der Waals surface area contributed by atoms with Crippen LogP contribution < -0.4 is 0 Å². The molecule has 3 nitrogen and oxygen atoms in total. The third kappa shape index (κ3) is 2.16. The molecule has 4 rings (SSSR count). The van der Waals surface area contributed by atoms with Crippen LogP contribution in [0.1, 0.15) is 58.8 Å². The van der Waals surface area contributed by atoms with Gasteiger partial charge in [-0.3, -0.25) is 4.79 Å². The van der Waals surface area contributed by atoms with Gasteiger partial charge in [-0.25, -0.2) is 0 Å². The summed E-state index contributed by atoms with van der Waals surface area (Å²) >= 11 is 0. The highest BCUT2D eigenvalue weighted by Gasteiger charge is 2.61. The summed E-state index contributed by atoms with van der Waals surface area (Å²) < 4.78 is 0. The number of hydrogen-bond donors (Lipinski definition) is 1. The Morgan fingerprint density at radius 1 is 1.40 bits per heavy atom. The van der Waals surface area contributed by atoms with Crippen LogP contribution in [0, 0.1) is 34.5 Å². The van der Waals surface area contributed by atoms with Gasteiger partial charge in [0.2, 0.25) is 0 Å². The number of allylic oxidation sites excluding steroid dienone is 5. The Labute approximate surface area is 150 Å². The van der Waals surface area contributed by atoms with E-state index < -0.39 is 5.60 Å². The molecule has 0 bridgehead atoms. The highest BCUT2D eigenvalue weighted by Crippen LogP contribution is 2.64. The SMILES string of the molecule is CC[C@]12C=CC3=C4CCC(=O)C=C4C[C@@H](C)[C@H]3[C@@H]1CC[C@@]2(O)CC#N. The summed E-state index contributed by atoms with van der Waals surface area (Å²) in [5.41, 5.74) is 2.87. The minimum absolute atomic E-state index is 0.217. The van der Waals surface area contributed by atoms with Gasteiger partial charge in [-0.05, 0) is 72.7 Å². The Morgan fingerprint density at radius 2 is 2.20 bits per heavy atom. The fourth-order valence-corrected chi connectivity index (χ4v) is 6.42. The second kappa shape index (κ2) is 5.68. The Hall–Kier alpha value is -1.66. The van der Waals surface area contributed by atoms with Gasteiger partial charge in [0.1, 0.15) is 0 Å². The largest absolute Gasteiger partial charge is 0.388 e. The van der Waals surface area contributed by atoms with Crippen molar-refractivity contribution in [2.24, 2.45) is 23.2 Å². The predicted octanol–water partition coefficient (Wildman–Crippen LogP) is 4.25. The van der Waals surface area contributed by atoms with Crippen molar-refractivity contribution in [3.05, 3.63) is 34.9 Å². The topological polar surface area (TPSA) is 61.1 Å². The average Bonchev–Trinajstić information content (AvgIpc) is 2.88. The summed E-state index contributed by atoms with van der Waals surface area (Å²) in [6.45, 7) is 4.45. The number of aliphatic hydroxyl groups is 1. The van der Waals surface area contributed by atoms with Crippen molar-refractivity contribution < 1.29 is 9.90 Å². The number of nitriles is 1. The van der Waals surface area contributed by atoms with Crippen LogP contribution >= 0.6 is 0 Å². The van der Waals surface area contributed by atoms with E-state index >= 15 is 0 Å². The van der Waals surface area contributed by atoms with Crippen LogP contribution in [0.5, 0.6) is 0 Å². The van der Waals surface area contributed by atoms with Crippen molar-refractivity contribution in [1.29, 1.82) is 5.26 Å². The number of ketones is 1. The molecule has 0 aromatic heterocycles. The lowest BCUT2D eigenvalue weighted by molar-refractivity contribution is -0.114. The van der Waals surface area contributed by atoms with Crippen LogP contribution in [0.25, 0.3) is 0 Å². The first-order chi connectivity index (χ1) is 12.0. The van der Waals surface area contributed by atoms with Crippen LogP contribution in [-0.2, 0) is 4.79 Å². The predicted molar refractivity (Wildman–Crippen MR) is 96.4 cm³/mol. The molecule has 3 heteroatoms. The fraction of sp³-hybridized carbons (Fsp3) is 0.636. The Bertz CT molecular complexity index is 752. The lowest BCUT2D eigenvalue weighted by Crippen LogP contribution is -2.50. The second-order valence-corrected chi connectivity index (χ2v) is 8.52. The summed E-state index contributed by atoms with van der Waals surface area (Å²) in [5, 5.41) is 20.6. The first-order valence-corrected chi connectivity index (χ1v) is 9.71. The van der Waals surface area contributed by atoms with Crippen molar-refractivity contribution in [1.82, 2.24) is 0 Å².